The number of carbonyl (C=O) groups excluding carboxylic acids is 1. The third-order valence-electron chi connectivity index (χ3n) is 4.61. The molecule has 3 aromatic rings. The topological polar surface area (TPSA) is 64.8 Å². The van der Waals surface area contributed by atoms with Crippen molar-refractivity contribution in [1.82, 2.24) is 10.1 Å². The molecule has 0 bridgehead atoms. The summed E-state index contributed by atoms with van der Waals surface area (Å²) < 4.78 is 16.6. The maximum Gasteiger partial charge on any atom is 0.276 e. The van der Waals surface area contributed by atoms with E-state index in [0.717, 1.165) is 48.2 Å². The second kappa shape index (κ2) is 7.07. The van der Waals surface area contributed by atoms with E-state index in [0.29, 0.717) is 11.5 Å². The monoisotopic (exact) mass is 352 g/mol. The Morgan fingerprint density at radius 2 is 1.81 bits per heavy atom. The normalized spacial score (nSPS) is 14.0. The van der Waals surface area contributed by atoms with E-state index in [9.17, 15) is 4.79 Å². The molecule has 26 heavy (non-hydrogen) atoms. The molecule has 1 aliphatic rings. The molecule has 0 unspecified atom stereocenters. The molecule has 4 rings (SSSR count). The number of ether oxygens (including phenoxy) is 2. The van der Waals surface area contributed by atoms with Gasteiger partial charge in [-0.2, -0.15) is 0 Å². The van der Waals surface area contributed by atoms with Crippen molar-refractivity contribution in [2.75, 3.05) is 20.2 Å². The van der Waals surface area contributed by atoms with Gasteiger partial charge in [0.15, 0.2) is 11.5 Å². The Morgan fingerprint density at radius 1 is 1.12 bits per heavy atom. The van der Waals surface area contributed by atoms with Gasteiger partial charge in [0, 0.05) is 29.9 Å². The highest BCUT2D eigenvalue weighted by Crippen LogP contribution is 2.33. The summed E-state index contributed by atoms with van der Waals surface area (Å²) in [5.41, 5.74) is 0.338. The predicted octanol–water partition coefficient (Wildman–Crippen LogP) is 3.65. The number of amides is 1. The first-order valence-corrected chi connectivity index (χ1v) is 8.69. The molecule has 0 N–H and O–H groups in total. The van der Waals surface area contributed by atoms with Crippen molar-refractivity contribution >= 4 is 16.7 Å². The van der Waals surface area contributed by atoms with Gasteiger partial charge in [-0.05, 0) is 25.0 Å². The fraction of sp³-hybridized carbons (Fsp3) is 0.300. The standard InChI is InChI=1S/C20H20N2O4/c1-24-18-8-9-19(16-7-3-2-6-15(16)18)25-13-14-12-17(21-26-14)20(23)22-10-4-5-11-22/h2-3,6-9,12H,4-5,10-11,13H2,1H3. The Hall–Kier alpha value is -3.02. The lowest BCUT2D eigenvalue weighted by Gasteiger charge is -2.12. The van der Waals surface area contributed by atoms with Crippen LogP contribution in [0, 0.1) is 0 Å². The minimum Gasteiger partial charge on any atom is -0.496 e. The zero-order valence-electron chi connectivity index (χ0n) is 14.6. The smallest absolute Gasteiger partial charge is 0.276 e. The van der Waals surface area contributed by atoms with E-state index < -0.39 is 0 Å². The highest BCUT2D eigenvalue weighted by atomic mass is 16.5. The molecule has 1 aromatic heterocycles. The van der Waals surface area contributed by atoms with Gasteiger partial charge in [0.25, 0.3) is 5.91 Å². The number of hydrogen-bond acceptors (Lipinski definition) is 5. The van der Waals surface area contributed by atoms with Crippen LogP contribution in [0.15, 0.2) is 47.0 Å². The third-order valence-corrected chi connectivity index (χ3v) is 4.61. The molecule has 1 saturated heterocycles. The minimum atomic E-state index is -0.0765. The van der Waals surface area contributed by atoms with Crippen LogP contribution in [0.3, 0.4) is 0 Å². The van der Waals surface area contributed by atoms with E-state index in [2.05, 4.69) is 5.16 Å². The first kappa shape index (κ1) is 16.4. The predicted molar refractivity (Wildman–Crippen MR) is 96.5 cm³/mol. The van der Waals surface area contributed by atoms with Crippen LogP contribution in [0.4, 0.5) is 0 Å². The van der Waals surface area contributed by atoms with Crippen molar-refractivity contribution in [3.05, 3.63) is 53.9 Å². The fourth-order valence-corrected chi connectivity index (χ4v) is 3.26. The first-order chi connectivity index (χ1) is 12.8. The summed E-state index contributed by atoms with van der Waals surface area (Å²) in [5.74, 6) is 1.97. The molecule has 2 heterocycles. The fourth-order valence-electron chi connectivity index (χ4n) is 3.26. The maximum atomic E-state index is 12.3. The van der Waals surface area contributed by atoms with Crippen molar-refractivity contribution in [3.8, 4) is 11.5 Å². The summed E-state index contributed by atoms with van der Waals surface area (Å²) >= 11 is 0. The number of methoxy groups -OCH3 is 1. The van der Waals surface area contributed by atoms with Crippen molar-refractivity contribution < 1.29 is 18.8 Å². The Balaban J connectivity index is 1.50. The van der Waals surface area contributed by atoms with Crippen molar-refractivity contribution in [3.63, 3.8) is 0 Å². The van der Waals surface area contributed by atoms with E-state index in [1.807, 2.05) is 36.4 Å². The third kappa shape index (κ3) is 3.10. The number of hydrogen-bond donors (Lipinski definition) is 0. The lowest BCUT2D eigenvalue weighted by atomic mass is 10.1. The molecular weight excluding hydrogens is 332 g/mol. The molecule has 0 atom stereocenters. The molecule has 0 saturated carbocycles. The molecular formula is C20H20N2O4. The van der Waals surface area contributed by atoms with Crippen molar-refractivity contribution in [2.45, 2.75) is 19.4 Å². The lowest BCUT2D eigenvalue weighted by Crippen LogP contribution is -2.27. The molecule has 0 spiro atoms. The average molecular weight is 352 g/mol. The van der Waals surface area contributed by atoms with Gasteiger partial charge in [0.05, 0.1) is 7.11 Å². The highest BCUT2D eigenvalue weighted by Gasteiger charge is 2.22. The van der Waals surface area contributed by atoms with Gasteiger partial charge in [-0.3, -0.25) is 4.79 Å². The quantitative estimate of drug-likeness (QED) is 0.701. The van der Waals surface area contributed by atoms with Gasteiger partial charge in [-0.1, -0.05) is 29.4 Å². The van der Waals surface area contributed by atoms with Gasteiger partial charge >= 0.3 is 0 Å². The number of rotatable bonds is 5. The van der Waals surface area contributed by atoms with Gasteiger partial charge in [0.1, 0.15) is 18.1 Å². The average Bonchev–Trinajstić information content (AvgIpc) is 3.37. The summed E-state index contributed by atoms with van der Waals surface area (Å²) in [6.07, 6.45) is 2.09. The number of likely N-dealkylation sites (tertiary alicyclic amines) is 1. The van der Waals surface area contributed by atoms with E-state index >= 15 is 0 Å². The van der Waals surface area contributed by atoms with Gasteiger partial charge < -0.3 is 18.9 Å². The molecule has 6 heteroatoms. The van der Waals surface area contributed by atoms with Crippen LogP contribution in [-0.2, 0) is 6.61 Å². The number of carbonyl (C=O) groups is 1. The van der Waals surface area contributed by atoms with E-state index in [-0.39, 0.29) is 12.5 Å². The SMILES string of the molecule is COc1ccc(OCc2cc(C(=O)N3CCCC3)no2)c2ccccc12. The summed E-state index contributed by atoms with van der Waals surface area (Å²) in [5, 5.41) is 5.84. The molecule has 6 nitrogen and oxygen atoms in total. The summed E-state index contributed by atoms with van der Waals surface area (Å²) in [6, 6.07) is 13.3. The largest absolute Gasteiger partial charge is 0.496 e. The molecule has 1 aliphatic heterocycles. The van der Waals surface area contributed by atoms with E-state index in [1.54, 1.807) is 18.1 Å². The van der Waals surface area contributed by atoms with E-state index in [1.165, 1.54) is 0 Å². The Morgan fingerprint density at radius 3 is 2.54 bits per heavy atom. The van der Waals surface area contributed by atoms with Crippen LogP contribution >= 0.6 is 0 Å². The van der Waals surface area contributed by atoms with Crippen LogP contribution in [0.2, 0.25) is 0 Å². The van der Waals surface area contributed by atoms with Gasteiger partial charge in [-0.15, -0.1) is 0 Å². The van der Waals surface area contributed by atoms with Crippen molar-refractivity contribution in [1.29, 1.82) is 0 Å². The second-order valence-electron chi connectivity index (χ2n) is 6.28. The zero-order chi connectivity index (χ0) is 17.9. The molecule has 1 amide bonds. The number of aromatic nitrogens is 1. The summed E-state index contributed by atoms with van der Waals surface area (Å²) in [4.78, 5) is 14.1. The first-order valence-electron chi connectivity index (χ1n) is 8.69. The molecule has 0 aliphatic carbocycles. The Labute approximate surface area is 151 Å². The number of fused-ring (bicyclic) bond motifs is 1. The second-order valence-corrected chi connectivity index (χ2v) is 6.28. The molecule has 0 radical (unpaired) electrons. The Kier molecular flexibility index (Phi) is 4.48. The van der Waals surface area contributed by atoms with Crippen LogP contribution in [0.25, 0.3) is 10.8 Å². The molecule has 134 valence electrons. The van der Waals surface area contributed by atoms with Gasteiger partial charge in [-0.25, -0.2) is 0 Å². The summed E-state index contributed by atoms with van der Waals surface area (Å²) in [7, 11) is 1.65. The maximum absolute atomic E-state index is 12.3. The van der Waals surface area contributed by atoms with Crippen LogP contribution < -0.4 is 9.47 Å². The minimum absolute atomic E-state index is 0.0765. The molecule has 2 aromatic carbocycles. The van der Waals surface area contributed by atoms with E-state index in [4.69, 9.17) is 14.0 Å². The number of benzene rings is 2. The van der Waals surface area contributed by atoms with Crippen molar-refractivity contribution in [2.24, 2.45) is 0 Å². The van der Waals surface area contributed by atoms with Crippen LogP contribution in [0.1, 0.15) is 29.1 Å². The lowest BCUT2D eigenvalue weighted by molar-refractivity contribution is 0.0782. The zero-order valence-corrected chi connectivity index (χ0v) is 14.6. The van der Waals surface area contributed by atoms with Crippen LogP contribution in [0.5, 0.6) is 11.5 Å². The molecule has 1 fully saturated rings. The number of nitrogens with zero attached hydrogens (tertiary/aromatic N) is 2. The van der Waals surface area contributed by atoms with Gasteiger partial charge in [0.2, 0.25) is 0 Å². The summed E-state index contributed by atoms with van der Waals surface area (Å²) in [6.45, 7) is 1.78. The van der Waals surface area contributed by atoms with Crippen LogP contribution in [-0.4, -0.2) is 36.2 Å². The highest BCUT2D eigenvalue weighted by molar-refractivity contribution is 5.93. The Bertz CT molecular complexity index is 928.